The van der Waals surface area contributed by atoms with Crippen LogP contribution in [0.3, 0.4) is 0 Å². The zero-order valence-electron chi connectivity index (χ0n) is 20.5. The molecule has 0 unspecified atom stereocenters. The van der Waals surface area contributed by atoms with Gasteiger partial charge in [0.15, 0.2) is 11.9 Å². The number of benzene rings is 3. The molecule has 0 aliphatic rings. The lowest BCUT2D eigenvalue weighted by Crippen LogP contribution is -2.26. The van der Waals surface area contributed by atoms with Gasteiger partial charge < -0.3 is 9.47 Å². The Hall–Kier alpha value is -3.51. The minimum atomic E-state index is -4.58. The van der Waals surface area contributed by atoms with Crippen molar-refractivity contribution in [3.05, 3.63) is 91.1 Å². The zero-order valence-corrected chi connectivity index (χ0v) is 23.7. The lowest BCUT2D eigenvalue weighted by atomic mass is 10.1. The smallest absolute Gasteiger partial charge is 0.416 e. The Morgan fingerprint density at radius 1 is 1.10 bits per heavy atom. The van der Waals surface area contributed by atoms with Crippen molar-refractivity contribution < 1.29 is 27.4 Å². The number of ether oxygens (including phenoxy) is 2. The van der Waals surface area contributed by atoms with E-state index in [0.717, 1.165) is 16.8 Å². The van der Waals surface area contributed by atoms with Crippen LogP contribution in [0.5, 0.6) is 5.75 Å². The van der Waals surface area contributed by atoms with E-state index < -0.39 is 29.4 Å². The minimum Gasteiger partial charge on any atom is -0.477 e. The van der Waals surface area contributed by atoms with Crippen LogP contribution >= 0.6 is 31.9 Å². The standard InChI is InChI=1S/C27H20Br2F3N3O4/c1-3-38-26(37)15(2)39-23-20(28)11-16(12-21(23)29)14-33-35-24(17-7-6-8-18(13-17)27(30,31)32)34-22-10-5-4-9-19(22)25(35)36/h4-15H,3H2,1-2H3/t15-/m0/s1. The van der Waals surface area contributed by atoms with Crippen molar-refractivity contribution in [2.75, 3.05) is 6.61 Å². The first kappa shape index (κ1) is 28.5. The molecule has 0 bridgehead atoms. The fraction of sp³-hybridized carbons (Fsp3) is 0.185. The Bertz CT molecular complexity index is 1610. The van der Waals surface area contributed by atoms with Gasteiger partial charge in [0.1, 0.15) is 5.75 Å². The van der Waals surface area contributed by atoms with E-state index >= 15 is 0 Å². The van der Waals surface area contributed by atoms with E-state index in [4.69, 9.17) is 9.47 Å². The lowest BCUT2D eigenvalue weighted by molar-refractivity contribution is -0.150. The number of para-hydroxylation sites is 1. The van der Waals surface area contributed by atoms with Gasteiger partial charge in [-0.2, -0.15) is 22.9 Å². The van der Waals surface area contributed by atoms with E-state index in [1.54, 1.807) is 50.2 Å². The summed E-state index contributed by atoms with van der Waals surface area (Å²) in [7, 11) is 0. The van der Waals surface area contributed by atoms with Crippen molar-refractivity contribution in [3.8, 4) is 17.1 Å². The van der Waals surface area contributed by atoms with Crippen LogP contribution < -0.4 is 10.3 Å². The summed E-state index contributed by atoms with van der Waals surface area (Å²) in [5, 5.41) is 4.55. The molecule has 4 aromatic rings. The second-order valence-electron chi connectivity index (χ2n) is 8.22. The van der Waals surface area contributed by atoms with Crippen molar-refractivity contribution in [2.45, 2.75) is 26.1 Å². The van der Waals surface area contributed by atoms with Gasteiger partial charge in [0.2, 0.25) is 0 Å². The first-order valence-corrected chi connectivity index (χ1v) is 13.1. The maximum atomic E-state index is 13.4. The maximum Gasteiger partial charge on any atom is 0.416 e. The molecule has 39 heavy (non-hydrogen) atoms. The molecule has 0 spiro atoms. The van der Waals surface area contributed by atoms with Gasteiger partial charge in [0.25, 0.3) is 5.56 Å². The van der Waals surface area contributed by atoms with Gasteiger partial charge in [-0.15, -0.1) is 0 Å². The molecule has 4 rings (SSSR count). The Balaban J connectivity index is 1.78. The van der Waals surface area contributed by atoms with E-state index in [1.807, 2.05) is 0 Å². The fourth-order valence-corrected chi connectivity index (χ4v) is 5.04. The largest absolute Gasteiger partial charge is 0.477 e. The monoisotopic (exact) mass is 665 g/mol. The number of aromatic nitrogens is 2. The van der Waals surface area contributed by atoms with Crippen molar-refractivity contribution in [3.63, 3.8) is 0 Å². The van der Waals surface area contributed by atoms with Crippen molar-refractivity contribution >= 4 is 54.9 Å². The summed E-state index contributed by atoms with van der Waals surface area (Å²) >= 11 is 6.82. The Morgan fingerprint density at radius 2 is 1.79 bits per heavy atom. The van der Waals surface area contributed by atoms with Gasteiger partial charge in [-0.05, 0) is 87.7 Å². The second kappa shape index (κ2) is 11.7. The van der Waals surface area contributed by atoms with Crippen LogP contribution in [0.25, 0.3) is 22.3 Å². The number of alkyl halides is 3. The number of rotatable bonds is 7. The third-order valence-corrected chi connectivity index (χ3v) is 6.64. The van der Waals surface area contributed by atoms with E-state index in [-0.39, 0.29) is 23.4 Å². The average Bonchev–Trinajstić information content (AvgIpc) is 2.89. The van der Waals surface area contributed by atoms with Crippen molar-refractivity contribution in [1.82, 2.24) is 9.66 Å². The van der Waals surface area contributed by atoms with E-state index in [9.17, 15) is 22.8 Å². The van der Waals surface area contributed by atoms with Gasteiger partial charge in [-0.3, -0.25) is 4.79 Å². The predicted octanol–water partition coefficient (Wildman–Crippen LogP) is 6.82. The number of fused-ring (bicyclic) bond motifs is 1. The summed E-state index contributed by atoms with van der Waals surface area (Å²) in [5.41, 5.74) is -0.517. The molecule has 0 fully saturated rings. The molecule has 0 saturated carbocycles. The molecule has 0 amide bonds. The molecule has 0 aliphatic carbocycles. The molecule has 0 saturated heterocycles. The van der Waals surface area contributed by atoms with Crippen LogP contribution in [0.2, 0.25) is 0 Å². The van der Waals surface area contributed by atoms with Gasteiger partial charge in [0.05, 0.1) is 38.2 Å². The van der Waals surface area contributed by atoms with Gasteiger partial charge >= 0.3 is 12.1 Å². The molecular weight excluding hydrogens is 647 g/mol. The molecule has 3 aromatic carbocycles. The van der Waals surface area contributed by atoms with Gasteiger partial charge in [-0.1, -0.05) is 24.3 Å². The Kier molecular flexibility index (Phi) is 8.55. The SMILES string of the molecule is CCOC(=O)[C@H](C)Oc1c(Br)cc(C=Nn2c(-c3cccc(C(F)(F)F)c3)nc3ccccc3c2=O)cc1Br. The fourth-order valence-electron chi connectivity index (χ4n) is 3.63. The van der Waals surface area contributed by atoms with Crippen LogP contribution in [-0.2, 0) is 15.7 Å². The molecule has 1 heterocycles. The summed E-state index contributed by atoms with van der Waals surface area (Å²) < 4.78 is 52.8. The Morgan fingerprint density at radius 3 is 2.46 bits per heavy atom. The van der Waals surface area contributed by atoms with Crippen molar-refractivity contribution in [2.24, 2.45) is 5.10 Å². The number of carbonyl (C=O) groups is 1. The third-order valence-electron chi connectivity index (χ3n) is 5.46. The van der Waals surface area contributed by atoms with Crippen LogP contribution in [-0.4, -0.2) is 34.6 Å². The van der Waals surface area contributed by atoms with Crippen LogP contribution in [0, 0.1) is 0 Å². The first-order chi connectivity index (χ1) is 18.5. The second-order valence-corrected chi connectivity index (χ2v) is 9.93. The zero-order chi connectivity index (χ0) is 28.3. The topological polar surface area (TPSA) is 82.8 Å². The van der Waals surface area contributed by atoms with Crippen LogP contribution in [0.4, 0.5) is 13.2 Å². The van der Waals surface area contributed by atoms with Gasteiger partial charge in [0, 0.05) is 5.56 Å². The minimum absolute atomic E-state index is 0.0533. The quantitative estimate of drug-likeness (QED) is 0.160. The number of carbonyl (C=O) groups excluding carboxylic acids is 1. The summed E-state index contributed by atoms with van der Waals surface area (Å²) in [6.07, 6.45) is -4.08. The van der Waals surface area contributed by atoms with E-state index in [0.29, 0.717) is 25.8 Å². The normalized spacial score (nSPS) is 12.6. The van der Waals surface area contributed by atoms with Gasteiger partial charge in [-0.25, -0.2) is 9.78 Å². The highest BCUT2D eigenvalue weighted by Crippen LogP contribution is 2.35. The molecule has 1 aromatic heterocycles. The highest BCUT2D eigenvalue weighted by Gasteiger charge is 2.31. The molecule has 7 nitrogen and oxygen atoms in total. The number of esters is 1. The number of halogens is 5. The third kappa shape index (κ3) is 6.39. The molecule has 0 radical (unpaired) electrons. The molecule has 0 N–H and O–H groups in total. The number of nitrogens with zero attached hydrogens (tertiary/aromatic N) is 3. The molecule has 1 atom stereocenters. The highest BCUT2D eigenvalue weighted by atomic mass is 79.9. The van der Waals surface area contributed by atoms with Crippen molar-refractivity contribution in [1.29, 1.82) is 0 Å². The summed E-state index contributed by atoms with van der Waals surface area (Å²) in [4.78, 5) is 29.8. The number of hydrogen-bond acceptors (Lipinski definition) is 6. The summed E-state index contributed by atoms with van der Waals surface area (Å²) in [6.45, 7) is 3.47. The van der Waals surface area contributed by atoms with Crippen LogP contribution in [0.15, 0.2) is 79.5 Å². The molecule has 202 valence electrons. The Labute approximate surface area is 237 Å². The molecule has 12 heteroatoms. The predicted molar refractivity (Wildman–Crippen MR) is 148 cm³/mol. The first-order valence-electron chi connectivity index (χ1n) is 11.6. The lowest BCUT2D eigenvalue weighted by Gasteiger charge is -2.16. The average molecular weight is 667 g/mol. The van der Waals surface area contributed by atoms with Crippen LogP contribution in [0.1, 0.15) is 25.0 Å². The number of hydrogen-bond donors (Lipinski definition) is 0. The highest BCUT2D eigenvalue weighted by molar-refractivity contribution is 9.11. The summed E-state index contributed by atoms with van der Waals surface area (Å²) in [5.74, 6) is -0.225. The molecular formula is C27H20Br2F3N3O4. The molecule has 0 aliphatic heterocycles. The van der Waals surface area contributed by atoms with E-state index in [1.165, 1.54) is 18.3 Å². The van der Waals surface area contributed by atoms with E-state index in [2.05, 4.69) is 41.9 Å². The maximum absolute atomic E-state index is 13.4. The summed E-state index contributed by atoms with van der Waals surface area (Å²) in [6, 6.07) is 14.3.